The SMILES string of the molecule is Cc1ccc(C(=O)N2CCCC(C(N)=NO)C2)c(C)c1. The predicted molar refractivity (Wildman–Crippen MR) is 78.0 cm³/mol. The van der Waals surface area contributed by atoms with E-state index in [-0.39, 0.29) is 17.7 Å². The fourth-order valence-electron chi connectivity index (χ4n) is 2.71. The maximum Gasteiger partial charge on any atom is 0.254 e. The van der Waals surface area contributed by atoms with Crippen molar-refractivity contribution in [1.29, 1.82) is 0 Å². The van der Waals surface area contributed by atoms with Crippen LogP contribution in [0.4, 0.5) is 0 Å². The summed E-state index contributed by atoms with van der Waals surface area (Å²) in [5.74, 6) is 0.185. The van der Waals surface area contributed by atoms with Crippen LogP contribution in [0.3, 0.4) is 0 Å². The fraction of sp³-hybridized carbons (Fsp3) is 0.467. The van der Waals surface area contributed by atoms with E-state index in [9.17, 15) is 4.79 Å². The lowest BCUT2D eigenvalue weighted by Gasteiger charge is -2.32. The highest BCUT2D eigenvalue weighted by Crippen LogP contribution is 2.20. The van der Waals surface area contributed by atoms with Crippen molar-refractivity contribution in [3.05, 3.63) is 34.9 Å². The molecule has 1 unspecified atom stereocenters. The Bertz CT molecular complexity index is 540. The van der Waals surface area contributed by atoms with Gasteiger partial charge in [0, 0.05) is 24.6 Å². The molecule has 1 aromatic rings. The van der Waals surface area contributed by atoms with Gasteiger partial charge in [0.2, 0.25) is 0 Å². The molecule has 1 amide bonds. The first-order valence-corrected chi connectivity index (χ1v) is 6.87. The van der Waals surface area contributed by atoms with Crippen molar-refractivity contribution < 1.29 is 10.0 Å². The molecule has 2 rings (SSSR count). The number of amides is 1. The summed E-state index contributed by atoms with van der Waals surface area (Å²) in [7, 11) is 0. The van der Waals surface area contributed by atoms with Crippen molar-refractivity contribution in [3.8, 4) is 0 Å². The molecular formula is C15H21N3O2. The summed E-state index contributed by atoms with van der Waals surface area (Å²) >= 11 is 0. The molecule has 1 aromatic carbocycles. The molecule has 108 valence electrons. The smallest absolute Gasteiger partial charge is 0.254 e. The van der Waals surface area contributed by atoms with Crippen LogP contribution in [0.1, 0.15) is 34.3 Å². The molecule has 1 aliphatic heterocycles. The van der Waals surface area contributed by atoms with Gasteiger partial charge in [0.25, 0.3) is 5.91 Å². The summed E-state index contributed by atoms with van der Waals surface area (Å²) in [5.41, 5.74) is 8.53. The lowest BCUT2D eigenvalue weighted by atomic mass is 9.95. The summed E-state index contributed by atoms with van der Waals surface area (Å²) in [6.07, 6.45) is 1.73. The zero-order valence-electron chi connectivity index (χ0n) is 12.0. The molecule has 5 nitrogen and oxygen atoms in total. The average molecular weight is 275 g/mol. The quantitative estimate of drug-likeness (QED) is 0.374. The Morgan fingerprint density at radius 3 is 2.85 bits per heavy atom. The Morgan fingerprint density at radius 1 is 1.45 bits per heavy atom. The lowest BCUT2D eigenvalue weighted by molar-refractivity contribution is 0.0700. The van der Waals surface area contributed by atoms with Crippen LogP contribution in [0.15, 0.2) is 23.4 Å². The highest BCUT2D eigenvalue weighted by atomic mass is 16.4. The highest BCUT2D eigenvalue weighted by Gasteiger charge is 2.27. The molecule has 0 spiro atoms. The van der Waals surface area contributed by atoms with Crippen LogP contribution in [0.2, 0.25) is 0 Å². The first-order valence-electron chi connectivity index (χ1n) is 6.87. The monoisotopic (exact) mass is 275 g/mol. The number of benzene rings is 1. The molecule has 20 heavy (non-hydrogen) atoms. The first-order chi connectivity index (χ1) is 9.52. The molecule has 1 fully saturated rings. The number of carbonyl (C=O) groups is 1. The van der Waals surface area contributed by atoms with E-state index in [1.165, 1.54) is 0 Å². The van der Waals surface area contributed by atoms with E-state index in [1.54, 1.807) is 4.90 Å². The number of oxime groups is 1. The average Bonchev–Trinajstić information content (AvgIpc) is 2.46. The number of aryl methyl sites for hydroxylation is 2. The largest absolute Gasteiger partial charge is 0.409 e. The number of likely N-dealkylation sites (tertiary alicyclic amines) is 1. The van der Waals surface area contributed by atoms with E-state index >= 15 is 0 Å². The molecule has 0 aliphatic carbocycles. The second-order valence-electron chi connectivity index (χ2n) is 5.43. The molecule has 5 heteroatoms. The van der Waals surface area contributed by atoms with Crippen LogP contribution in [0.25, 0.3) is 0 Å². The van der Waals surface area contributed by atoms with Crippen LogP contribution < -0.4 is 5.73 Å². The van der Waals surface area contributed by atoms with E-state index in [0.29, 0.717) is 6.54 Å². The molecule has 1 heterocycles. The summed E-state index contributed by atoms with van der Waals surface area (Å²) in [4.78, 5) is 14.4. The molecule has 1 atom stereocenters. The fourth-order valence-corrected chi connectivity index (χ4v) is 2.71. The summed E-state index contributed by atoms with van der Waals surface area (Å²) in [6, 6.07) is 5.84. The Balaban J connectivity index is 2.16. The van der Waals surface area contributed by atoms with E-state index < -0.39 is 0 Å². The van der Waals surface area contributed by atoms with Gasteiger partial charge in [-0.2, -0.15) is 0 Å². The first kappa shape index (κ1) is 14.4. The Kier molecular flexibility index (Phi) is 4.27. The van der Waals surface area contributed by atoms with Gasteiger partial charge in [-0.3, -0.25) is 4.79 Å². The van der Waals surface area contributed by atoms with Crippen LogP contribution in [0.5, 0.6) is 0 Å². The molecule has 0 bridgehead atoms. The van der Waals surface area contributed by atoms with Crippen molar-refractivity contribution in [3.63, 3.8) is 0 Å². The van der Waals surface area contributed by atoms with Gasteiger partial charge in [-0.25, -0.2) is 0 Å². The topological polar surface area (TPSA) is 78.9 Å². The third-order valence-electron chi connectivity index (χ3n) is 3.85. The number of nitrogens with two attached hydrogens (primary N) is 1. The number of hydrogen-bond acceptors (Lipinski definition) is 3. The van der Waals surface area contributed by atoms with Gasteiger partial charge < -0.3 is 15.8 Å². The minimum atomic E-state index is -0.0524. The number of carbonyl (C=O) groups excluding carboxylic acids is 1. The van der Waals surface area contributed by atoms with Gasteiger partial charge in [-0.15, -0.1) is 0 Å². The molecule has 3 N–H and O–H groups in total. The lowest BCUT2D eigenvalue weighted by Crippen LogP contribution is -2.44. The number of amidine groups is 1. The van der Waals surface area contributed by atoms with Gasteiger partial charge >= 0.3 is 0 Å². The Labute approximate surface area is 119 Å². The third-order valence-corrected chi connectivity index (χ3v) is 3.85. The van der Waals surface area contributed by atoms with E-state index in [1.807, 2.05) is 32.0 Å². The van der Waals surface area contributed by atoms with E-state index in [0.717, 1.165) is 36.1 Å². The second kappa shape index (κ2) is 5.94. The van der Waals surface area contributed by atoms with Crippen molar-refractivity contribution in [2.45, 2.75) is 26.7 Å². The molecule has 0 aromatic heterocycles. The summed E-state index contributed by atoms with van der Waals surface area (Å²) in [5, 5.41) is 11.8. The van der Waals surface area contributed by atoms with Crippen molar-refractivity contribution in [1.82, 2.24) is 4.90 Å². The van der Waals surface area contributed by atoms with Crippen LogP contribution >= 0.6 is 0 Å². The Morgan fingerprint density at radius 2 is 2.20 bits per heavy atom. The van der Waals surface area contributed by atoms with Crippen LogP contribution in [-0.2, 0) is 0 Å². The van der Waals surface area contributed by atoms with Crippen molar-refractivity contribution in [2.75, 3.05) is 13.1 Å². The number of nitrogens with zero attached hydrogens (tertiary/aromatic N) is 2. The van der Waals surface area contributed by atoms with Crippen LogP contribution in [0, 0.1) is 19.8 Å². The maximum atomic E-state index is 12.6. The number of hydrogen-bond donors (Lipinski definition) is 2. The highest BCUT2D eigenvalue weighted by molar-refractivity contribution is 5.96. The summed E-state index contributed by atoms with van der Waals surface area (Å²) in [6.45, 7) is 5.20. The van der Waals surface area contributed by atoms with E-state index in [4.69, 9.17) is 10.9 Å². The van der Waals surface area contributed by atoms with Gasteiger partial charge in [0.15, 0.2) is 0 Å². The maximum absolute atomic E-state index is 12.6. The number of rotatable bonds is 2. The number of piperidine rings is 1. The second-order valence-corrected chi connectivity index (χ2v) is 5.43. The van der Waals surface area contributed by atoms with Gasteiger partial charge in [0.1, 0.15) is 5.84 Å². The molecular weight excluding hydrogens is 254 g/mol. The molecule has 1 saturated heterocycles. The normalized spacial score (nSPS) is 20.0. The van der Waals surface area contributed by atoms with Gasteiger partial charge in [-0.1, -0.05) is 22.9 Å². The summed E-state index contributed by atoms with van der Waals surface area (Å²) < 4.78 is 0. The van der Waals surface area contributed by atoms with Crippen molar-refractivity contribution in [2.24, 2.45) is 16.8 Å². The Hall–Kier alpha value is -2.04. The standard InChI is InChI=1S/C15H21N3O2/c1-10-5-6-13(11(2)8-10)15(19)18-7-3-4-12(9-18)14(16)17-20/h5-6,8,12,20H,3-4,7,9H2,1-2H3,(H2,16,17). The zero-order valence-corrected chi connectivity index (χ0v) is 12.0. The molecule has 0 saturated carbocycles. The van der Waals surface area contributed by atoms with Crippen LogP contribution in [-0.4, -0.2) is 34.9 Å². The molecule has 0 radical (unpaired) electrons. The minimum Gasteiger partial charge on any atom is -0.409 e. The van der Waals surface area contributed by atoms with Gasteiger partial charge in [0.05, 0.1) is 0 Å². The van der Waals surface area contributed by atoms with E-state index in [2.05, 4.69) is 5.16 Å². The molecule has 1 aliphatic rings. The third kappa shape index (κ3) is 2.92. The minimum absolute atomic E-state index is 0.0259. The van der Waals surface area contributed by atoms with Crippen molar-refractivity contribution >= 4 is 11.7 Å². The predicted octanol–water partition coefficient (Wildman–Crippen LogP) is 1.90. The van der Waals surface area contributed by atoms with Gasteiger partial charge in [-0.05, 0) is 38.3 Å². The zero-order chi connectivity index (χ0) is 14.7.